The second-order valence-corrected chi connectivity index (χ2v) is 7.01. The number of carbonyl (C=O) groups is 4. The number of benzene rings is 2. The highest BCUT2D eigenvalue weighted by molar-refractivity contribution is 6.01. The highest BCUT2D eigenvalue weighted by atomic mass is 16.5. The predicted octanol–water partition coefficient (Wildman–Crippen LogP) is 2.11. The number of amides is 4. The molecule has 2 aromatic rings. The van der Waals surface area contributed by atoms with E-state index in [9.17, 15) is 19.2 Å². The van der Waals surface area contributed by atoms with E-state index in [1.165, 1.54) is 4.90 Å². The molecule has 8 heteroatoms. The molecule has 1 N–H and O–H groups in total. The molecule has 0 saturated carbocycles. The van der Waals surface area contributed by atoms with Crippen LogP contribution in [0.4, 0.5) is 4.79 Å². The predicted molar refractivity (Wildman–Crippen MR) is 108 cm³/mol. The van der Waals surface area contributed by atoms with Gasteiger partial charge in [-0.2, -0.15) is 0 Å². The maximum absolute atomic E-state index is 12.4. The molecule has 3 rings (SSSR count). The highest BCUT2D eigenvalue weighted by Crippen LogP contribution is 2.18. The number of esters is 1. The molecule has 2 aromatic carbocycles. The SMILES string of the molecule is CC(c1ccccc1)N(C)C(=O)COC(=O)c1cccc(CN2C(=O)CNC2=O)c1. The summed E-state index contributed by atoms with van der Waals surface area (Å²) < 4.78 is 5.17. The Hall–Kier alpha value is -3.68. The molecule has 1 atom stereocenters. The number of urea groups is 1. The number of hydrogen-bond acceptors (Lipinski definition) is 5. The lowest BCUT2D eigenvalue weighted by Gasteiger charge is -2.25. The van der Waals surface area contributed by atoms with Crippen molar-refractivity contribution in [3.8, 4) is 0 Å². The Labute approximate surface area is 174 Å². The summed E-state index contributed by atoms with van der Waals surface area (Å²) in [6, 6.07) is 15.4. The molecule has 0 radical (unpaired) electrons. The number of carbonyl (C=O) groups excluding carboxylic acids is 4. The van der Waals surface area contributed by atoms with E-state index in [4.69, 9.17) is 4.74 Å². The fourth-order valence-electron chi connectivity index (χ4n) is 3.08. The highest BCUT2D eigenvalue weighted by Gasteiger charge is 2.28. The van der Waals surface area contributed by atoms with Crippen LogP contribution < -0.4 is 5.32 Å². The Morgan fingerprint density at radius 3 is 2.53 bits per heavy atom. The molecule has 0 spiro atoms. The average Bonchev–Trinajstić information content (AvgIpc) is 3.09. The summed E-state index contributed by atoms with van der Waals surface area (Å²) in [6.07, 6.45) is 0. The molecular weight excluding hydrogens is 386 g/mol. The van der Waals surface area contributed by atoms with Gasteiger partial charge in [-0.15, -0.1) is 0 Å². The minimum atomic E-state index is -0.650. The van der Waals surface area contributed by atoms with E-state index < -0.39 is 12.0 Å². The number of nitrogens with one attached hydrogen (secondary N) is 1. The van der Waals surface area contributed by atoms with Crippen LogP contribution in [-0.2, 0) is 20.9 Å². The minimum absolute atomic E-state index is 0.0302. The topological polar surface area (TPSA) is 96.0 Å². The molecule has 8 nitrogen and oxygen atoms in total. The molecule has 1 unspecified atom stereocenters. The lowest BCUT2D eigenvalue weighted by molar-refractivity contribution is -0.135. The molecule has 0 aromatic heterocycles. The van der Waals surface area contributed by atoms with Gasteiger partial charge in [-0.25, -0.2) is 9.59 Å². The van der Waals surface area contributed by atoms with Crippen LogP contribution in [0.15, 0.2) is 54.6 Å². The second-order valence-electron chi connectivity index (χ2n) is 7.01. The van der Waals surface area contributed by atoms with Gasteiger partial charge in [0.05, 0.1) is 24.7 Å². The third kappa shape index (κ3) is 4.83. The van der Waals surface area contributed by atoms with Gasteiger partial charge in [-0.05, 0) is 30.2 Å². The molecule has 0 aliphatic carbocycles. The van der Waals surface area contributed by atoms with Crippen molar-refractivity contribution < 1.29 is 23.9 Å². The largest absolute Gasteiger partial charge is 0.452 e. The molecule has 1 saturated heterocycles. The van der Waals surface area contributed by atoms with Crippen LogP contribution in [0.5, 0.6) is 0 Å². The lowest BCUT2D eigenvalue weighted by atomic mass is 10.1. The number of imide groups is 1. The van der Waals surface area contributed by atoms with Gasteiger partial charge in [0.2, 0.25) is 5.91 Å². The zero-order chi connectivity index (χ0) is 21.7. The zero-order valence-corrected chi connectivity index (χ0v) is 16.8. The molecule has 1 aliphatic heterocycles. The first-order chi connectivity index (χ1) is 14.4. The number of likely N-dealkylation sites (N-methyl/N-ethyl adjacent to an activating group) is 1. The average molecular weight is 409 g/mol. The summed E-state index contributed by atoms with van der Waals surface area (Å²) in [7, 11) is 1.66. The van der Waals surface area contributed by atoms with E-state index in [-0.39, 0.29) is 43.1 Å². The fraction of sp³-hybridized carbons (Fsp3) is 0.273. The van der Waals surface area contributed by atoms with Crippen molar-refractivity contribution in [3.05, 3.63) is 71.3 Å². The van der Waals surface area contributed by atoms with Crippen molar-refractivity contribution in [2.24, 2.45) is 0 Å². The van der Waals surface area contributed by atoms with Crippen molar-refractivity contribution in [2.75, 3.05) is 20.2 Å². The van der Waals surface area contributed by atoms with Gasteiger partial charge < -0.3 is 15.0 Å². The van der Waals surface area contributed by atoms with Gasteiger partial charge in [0.15, 0.2) is 6.61 Å². The monoisotopic (exact) mass is 409 g/mol. The van der Waals surface area contributed by atoms with Crippen molar-refractivity contribution in [1.82, 2.24) is 15.1 Å². The van der Waals surface area contributed by atoms with E-state index in [2.05, 4.69) is 5.32 Å². The Morgan fingerprint density at radius 1 is 1.13 bits per heavy atom. The van der Waals surface area contributed by atoms with E-state index >= 15 is 0 Å². The van der Waals surface area contributed by atoms with Crippen LogP contribution in [0, 0.1) is 0 Å². The maximum Gasteiger partial charge on any atom is 0.338 e. The van der Waals surface area contributed by atoms with E-state index in [0.717, 1.165) is 10.5 Å². The van der Waals surface area contributed by atoms with Crippen LogP contribution in [0.2, 0.25) is 0 Å². The molecule has 1 heterocycles. The number of nitrogens with zero attached hydrogens (tertiary/aromatic N) is 2. The van der Waals surface area contributed by atoms with Gasteiger partial charge in [0, 0.05) is 7.05 Å². The van der Waals surface area contributed by atoms with Crippen molar-refractivity contribution in [2.45, 2.75) is 19.5 Å². The summed E-state index contributed by atoms with van der Waals surface area (Å²) in [5.41, 5.74) is 1.83. The molecular formula is C22H23N3O5. The molecule has 30 heavy (non-hydrogen) atoms. The standard InChI is InChI=1S/C22H23N3O5/c1-15(17-8-4-3-5-9-17)24(2)20(27)14-30-21(28)18-10-6-7-16(11-18)13-25-19(26)12-23-22(25)29/h3-11,15H,12-14H2,1-2H3,(H,23,29). The normalized spacial score (nSPS) is 14.3. The summed E-state index contributed by atoms with van der Waals surface area (Å²) in [6.45, 7) is 1.54. The van der Waals surface area contributed by atoms with Crippen LogP contribution in [0.3, 0.4) is 0 Å². The lowest BCUT2D eigenvalue weighted by Crippen LogP contribution is -2.33. The maximum atomic E-state index is 12.4. The number of rotatable bonds is 7. The number of hydrogen-bond donors (Lipinski definition) is 1. The second kappa shape index (κ2) is 9.21. The van der Waals surface area contributed by atoms with E-state index in [0.29, 0.717) is 5.56 Å². The molecule has 1 aliphatic rings. The van der Waals surface area contributed by atoms with Crippen LogP contribution in [0.25, 0.3) is 0 Å². The smallest absolute Gasteiger partial charge is 0.338 e. The zero-order valence-electron chi connectivity index (χ0n) is 16.8. The third-order valence-corrected chi connectivity index (χ3v) is 5.02. The molecule has 1 fully saturated rings. The van der Waals surface area contributed by atoms with Gasteiger partial charge in [0.1, 0.15) is 0 Å². The van der Waals surface area contributed by atoms with Gasteiger partial charge >= 0.3 is 12.0 Å². The van der Waals surface area contributed by atoms with Gasteiger partial charge in [0.25, 0.3) is 5.91 Å². The minimum Gasteiger partial charge on any atom is -0.452 e. The molecule has 156 valence electrons. The Morgan fingerprint density at radius 2 is 1.87 bits per heavy atom. The van der Waals surface area contributed by atoms with Crippen molar-refractivity contribution in [1.29, 1.82) is 0 Å². The van der Waals surface area contributed by atoms with Crippen LogP contribution in [-0.4, -0.2) is 53.8 Å². The summed E-state index contributed by atoms with van der Waals surface area (Å²) in [5, 5.41) is 2.44. The number of ether oxygens (including phenoxy) is 1. The summed E-state index contributed by atoms with van der Waals surface area (Å²) in [5.74, 6) is -1.30. The van der Waals surface area contributed by atoms with Crippen molar-refractivity contribution in [3.63, 3.8) is 0 Å². The van der Waals surface area contributed by atoms with Gasteiger partial charge in [-0.1, -0.05) is 42.5 Å². The Kier molecular flexibility index (Phi) is 6.46. The van der Waals surface area contributed by atoms with Crippen LogP contribution in [0.1, 0.15) is 34.5 Å². The summed E-state index contributed by atoms with van der Waals surface area (Å²) >= 11 is 0. The first-order valence-electron chi connectivity index (χ1n) is 9.51. The van der Waals surface area contributed by atoms with Gasteiger partial charge in [-0.3, -0.25) is 14.5 Å². The summed E-state index contributed by atoms with van der Waals surface area (Å²) in [4.78, 5) is 50.8. The first kappa shape index (κ1) is 21.0. The fourth-order valence-corrected chi connectivity index (χ4v) is 3.08. The molecule has 0 bridgehead atoms. The first-order valence-corrected chi connectivity index (χ1v) is 9.51. The van der Waals surface area contributed by atoms with E-state index in [1.807, 2.05) is 37.3 Å². The Bertz CT molecular complexity index is 944. The Balaban J connectivity index is 1.57. The molecule has 4 amide bonds. The van der Waals surface area contributed by atoms with Crippen LogP contribution >= 0.6 is 0 Å². The van der Waals surface area contributed by atoms with E-state index in [1.54, 1.807) is 31.3 Å². The third-order valence-electron chi connectivity index (χ3n) is 5.02. The van der Waals surface area contributed by atoms with Crippen molar-refractivity contribution >= 4 is 23.8 Å². The quantitative estimate of drug-likeness (QED) is 0.558.